The van der Waals surface area contributed by atoms with Crippen LogP contribution in [0.1, 0.15) is 46.9 Å². The zero-order valence-electron chi connectivity index (χ0n) is 14.3. The van der Waals surface area contributed by atoms with Gasteiger partial charge < -0.3 is 19.5 Å². The predicted octanol–water partition coefficient (Wildman–Crippen LogP) is 3.20. The van der Waals surface area contributed by atoms with Gasteiger partial charge in [-0.1, -0.05) is 0 Å². The Morgan fingerprint density at radius 3 is 2.65 bits per heavy atom. The molecule has 4 rings (SSSR count). The number of aromatic nitrogens is 1. The molecule has 1 saturated carbocycles. The highest BCUT2D eigenvalue weighted by Gasteiger charge is 2.22. The molecule has 1 aromatic carbocycles. The van der Waals surface area contributed by atoms with Crippen LogP contribution in [0, 0.1) is 0 Å². The van der Waals surface area contributed by atoms with Crippen molar-refractivity contribution in [1.29, 1.82) is 0 Å². The summed E-state index contributed by atoms with van der Waals surface area (Å²) in [5.74, 6) is 0.886. The Bertz CT molecular complexity index is 876. The zero-order valence-corrected chi connectivity index (χ0v) is 14.3. The van der Waals surface area contributed by atoms with E-state index in [1.807, 2.05) is 0 Å². The second-order valence-electron chi connectivity index (χ2n) is 6.31. The molecular formula is C19H18N2O5. The molecule has 134 valence electrons. The number of fused-ring (bicyclic) bond motifs is 1. The number of pyridine rings is 1. The van der Waals surface area contributed by atoms with Crippen molar-refractivity contribution >= 4 is 17.4 Å². The third kappa shape index (κ3) is 3.20. The Labute approximate surface area is 150 Å². The van der Waals surface area contributed by atoms with Gasteiger partial charge >= 0.3 is 0 Å². The fourth-order valence-corrected chi connectivity index (χ4v) is 2.81. The number of hydrogen-bond donors (Lipinski definition) is 1. The van der Waals surface area contributed by atoms with Gasteiger partial charge in [0.1, 0.15) is 6.10 Å². The summed E-state index contributed by atoms with van der Waals surface area (Å²) in [5, 5.41) is 2.77. The van der Waals surface area contributed by atoms with E-state index in [9.17, 15) is 9.59 Å². The Morgan fingerprint density at radius 1 is 1.19 bits per heavy atom. The van der Waals surface area contributed by atoms with Crippen LogP contribution in [0.25, 0.3) is 0 Å². The first kappa shape index (κ1) is 16.4. The smallest absolute Gasteiger partial charge is 0.255 e. The largest absolute Gasteiger partial charge is 0.474 e. The molecule has 0 atom stereocenters. The van der Waals surface area contributed by atoms with Crippen molar-refractivity contribution in [3.8, 4) is 17.4 Å². The first-order chi connectivity index (χ1) is 12.6. The Hall–Kier alpha value is -3.09. The number of hydrogen-bond acceptors (Lipinski definition) is 6. The Balaban J connectivity index is 1.56. The van der Waals surface area contributed by atoms with Gasteiger partial charge in [-0.3, -0.25) is 9.59 Å². The van der Waals surface area contributed by atoms with E-state index in [1.54, 1.807) is 24.3 Å². The molecule has 2 aliphatic rings. The number of nitrogens with zero attached hydrogens (tertiary/aromatic N) is 1. The highest BCUT2D eigenvalue weighted by atomic mass is 16.7. The number of ketones is 1. The maximum Gasteiger partial charge on any atom is 0.255 e. The number of anilines is 1. The van der Waals surface area contributed by atoms with Gasteiger partial charge in [0.25, 0.3) is 5.91 Å². The summed E-state index contributed by atoms with van der Waals surface area (Å²) in [7, 11) is 0. The van der Waals surface area contributed by atoms with Crippen molar-refractivity contribution in [3.05, 3.63) is 41.6 Å². The van der Waals surface area contributed by atoms with Crippen LogP contribution >= 0.6 is 0 Å². The average molecular weight is 354 g/mol. The molecule has 0 radical (unpaired) electrons. The highest BCUT2D eigenvalue weighted by molar-refractivity contribution is 6.09. The number of carbonyl (C=O) groups excluding carboxylic acids is 2. The third-order valence-electron chi connectivity index (χ3n) is 4.48. The van der Waals surface area contributed by atoms with E-state index in [4.69, 9.17) is 14.2 Å². The van der Waals surface area contributed by atoms with E-state index in [2.05, 4.69) is 10.3 Å². The first-order valence-corrected chi connectivity index (χ1v) is 8.49. The third-order valence-corrected chi connectivity index (χ3v) is 4.48. The molecule has 0 unspecified atom stereocenters. The van der Waals surface area contributed by atoms with Crippen LogP contribution in [0.4, 0.5) is 5.69 Å². The summed E-state index contributed by atoms with van der Waals surface area (Å²) < 4.78 is 16.4. The maximum absolute atomic E-state index is 12.6. The molecule has 0 spiro atoms. The molecule has 1 amide bonds. The molecule has 1 fully saturated rings. The molecule has 1 N–H and O–H groups in total. The van der Waals surface area contributed by atoms with Crippen molar-refractivity contribution in [2.45, 2.75) is 32.3 Å². The minimum absolute atomic E-state index is 0.0935. The highest BCUT2D eigenvalue weighted by Crippen LogP contribution is 2.37. The minimum Gasteiger partial charge on any atom is -0.474 e. The quantitative estimate of drug-likeness (QED) is 0.830. The molecular weight excluding hydrogens is 336 g/mol. The van der Waals surface area contributed by atoms with Gasteiger partial charge in [0.2, 0.25) is 12.7 Å². The summed E-state index contributed by atoms with van der Waals surface area (Å²) >= 11 is 0. The molecule has 7 nitrogen and oxygen atoms in total. The molecule has 2 heterocycles. The SMILES string of the molecule is CC(=O)c1cc2c(cc1NC(=O)c1ccnc(OC3CCC3)c1)OCO2. The lowest BCUT2D eigenvalue weighted by Crippen LogP contribution is -2.25. The average Bonchev–Trinajstić information content (AvgIpc) is 3.05. The van der Waals surface area contributed by atoms with Crippen LogP contribution in [0.5, 0.6) is 17.4 Å². The Morgan fingerprint density at radius 2 is 1.96 bits per heavy atom. The number of Topliss-reactive ketones (excluding diaryl/α,β-unsaturated/α-hetero) is 1. The van der Waals surface area contributed by atoms with Crippen LogP contribution < -0.4 is 19.5 Å². The van der Waals surface area contributed by atoms with Gasteiger partial charge in [0, 0.05) is 29.5 Å². The van der Waals surface area contributed by atoms with Crippen LogP contribution in [0.3, 0.4) is 0 Å². The summed E-state index contributed by atoms with van der Waals surface area (Å²) in [6.07, 6.45) is 4.89. The molecule has 26 heavy (non-hydrogen) atoms. The standard InChI is InChI=1S/C19H18N2O5/c1-11(22)14-8-16-17(25-10-24-16)9-15(14)21-19(23)12-5-6-20-18(7-12)26-13-3-2-4-13/h5-9,13H,2-4,10H2,1H3,(H,21,23). The van der Waals surface area contributed by atoms with Crippen LogP contribution in [-0.4, -0.2) is 29.6 Å². The predicted molar refractivity (Wildman–Crippen MR) is 93.0 cm³/mol. The van der Waals surface area contributed by atoms with Crippen molar-refractivity contribution < 1.29 is 23.8 Å². The normalized spacial score (nSPS) is 15.3. The van der Waals surface area contributed by atoms with Gasteiger partial charge in [-0.2, -0.15) is 0 Å². The summed E-state index contributed by atoms with van der Waals surface area (Å²) in [4.78, 5) is 28.7. The molecule has 1 aromatic heterocycles. The van der Waals surface area contributed by atoms with Gasteiger partial charge in [0.15, 0.2) is 17.3 Å². The molecule has 1 aliphatic heterocycles. The molecule has 2 aromatic rings. The lowest BCUT2D eigenvalue weighted by atomic mass is 9.96. The lowest BCUT2D eigenvalue weighted by molar-refractivity contribution is 0.101. The molecule has 0 saturated heterocycles. The van der Waals surface area contributed by atoms with Crippen LogP contribution in [0.15, 0.2) is 30.5 Å². The van der Waals surface area contributed by atoms with Crippen LogP contribution in [-0.2, 0) is 0 Å². The van der Waals surface area contributed by atoms with Crippen molar-refractivity contribution in [2.24, 2.45) is 0 Å². The van der Waals surface area contributed by atoms with Gasteiger partial charge in [-0.05, 0) is 38.3 Å². The molecule has 0 bridgehead atoms. The van der Waals surface area contributed by atoms with Crippen molar-refractivity contribution in [3.63, 3.8) is 0 Å². The zero-order chi connectivity index (χ0) is 18.1. The topological polar surface area (TPSA) is 86.8 Å². The number of carbonyl (C=O) groups is 2. The van der Waals surface area contributed by atoms with E-state index in [0.717, 1.165) is 19.3 Å². The van der Waals surface area contributed by atoms with Crippen molar-refractivity contribution in [1.82, 2.24) is 4.98 Å². The van der Waals surface area contributed by atoms with E-state index in [0.29, 0.717) is 34.2 Å². The fraction of sp³-hybridized carbons (Fsp3) is 0.316. The van der Waals surface area contributed by atoms with Gasteiger partial charge in [0.05, 0.1) is 5.69 Å². The number of benzene rings is 1. The summed E-state index contributed by atoms with van der Waals surface area (Å²) in [6, 6.07) is 6.39. The summed E-state index contributed by atoms with van der Waals surface area (Å²) in [5.41, 5.74) is 1.15. The first-order valence-electron chi connectivity index (χ1n) is 8.49. The second-order valence-corrected chi connectivity index (χ2v) is 6.31. The van der Waals surface area contributed by atoms with E-state index in [1.165, 1.54) is 13.1 Å². The minimum atomic E-state index is -0.354. The Kier molecular flexibility index (Phi) is 4.20. The van der Waals surface area contributed by atoms with Gasteiger partial charge in [-0.15, -0.1) is 0 Å². The monoisotopic (exact) mass is 354 g/mol. The fourth-order valence-electron chi connectivity index (χ4n) is 2.81. The van der Waals surface area contributed by atoms with Crippen molar-refractivity contribution in [2.75, 3.05) is 12.1 Å². The van der Waals surface area contributed by atoms with Gasteiger partial charge in [-0.25, -0.2) is 4.98 Å². The number of ether oxygens (including phenoxy) is 3. The molecule has 7 heteroatoms. The number of nitrogens with one attached hydrogen (secondary N) is 1. The number of rotatable bonds is 5. The second kappa shape index (κ2) is 6.67. The van der Waals surface area contributed by atoms with E-state index in [-0.39, 0.29) is 24.6 Å². The summed E-state index contributed by atoms with van der Waals surface area (Å²) in [6.45, 7) is 1.53. The molecule has 1 aliphatic carbocycles. The maximum atomic E-state index is 12.6. The van der Waals surface area contributed by atoms with E-state index < -0.39 is 0 Å². The van der Waals surface area contributed by atoms with E-state index >= 15 is 0 Å². The number of amides is 1. The lowest BCUT2D eigenvalue weighted by Gasteiger charge is -2.25. The van der Waals surface area contributed by atoms with Crippen LogP contribution in [0.2, 0.25) is 0 Å².